The Hall–Kier alpha value is -2.21. The summed E-state index contributed by atoms with van der Waals surface area (Å²) in [5.74, 6) is 0.447. The lowest BCUT2D eigenvalue weighted by Crippen LogP contribution is -2.21. The van der Waals surface area contributed by atoms with Crippen molar-refractivity contribution < 1.29 is 9.84 Å². The summed E-state index contributed by atoms with van der Waals surface area (Å²) in [5.41, 5.74) is 8.45. The molecule has 5 nitrogen and oxygen atoms in total. The summed E-state index contributed by atoms with van der Waals surface area (Å²) in [6.07, 6.45) is 5.08. The predicted molar refractivity (Wildman–Crippen MR) is 100 cm³/mol. The molecule has 1 aliphatic rings. The van der Waals surface area contributed by atoms with Crippen molar-refractivity contribution >= 4 is 28.3 Å². The molecule has 2 aromatic heterocycles. The van der Waals surface area contributed by atoms with Crippen molar-refractivity contribution in [3.8, 4) is 11.1 Å². The molecule has 1 aliphatic heterocycles. The molecule has 4 rings (SSSR count). The van der Waals surface area contributed by atoms with Crippen LogP contribution in [0.5, 0.6) is 0 Å². The predicted octanol–water partition coefficient (Wildman–Crippen LogP) is 3.69. The normalized spacial score (nSPS) is 17.0. The van der Waals surface area contributed by atoms with Crippen LogP contribution in [0.1, 0.15) is 12.8 Å². The molecule has 1 saturated heterocycles. The third-order valence-corrected chi connectivity index (χ3v) is 4.24. The van der Waals surface area contributed by atoms with Crippen LogP contribution in [0.25, 0.3) is 22.0 Å². The van der Waals surface area contributed by atoms with Gasteiger partial charge in [0, 0.05) is 35.5 Å². The second-order valence-corrected chi connectivity index (χ2v) is 6.25. The van der Waals surface area contributed by atoms with E-state index in [1.54, 1.807) is 18.5 Å². The minimum Gasteiger partial charge on any atom is -0.391 e. The van der Waals surface area contributed by atoms with Crippen LogP contribution in [0.15, 0.2) is 48.8 Å². The van der Waals surface area contributed by atoms with Gasteiger partial charge in [-0.3, -0.25) is 4.98 Å². The zero-order chi connectivity index (χ0) is 17.6. The maximum Gasteiger partial charge on any atom is 0.124 e. The fourth-order valence-corrected chi connectivity index (χ4v) is 2.91. The zero-order valence-electron chi connectivity index (χ0n) is 13.7. The molecule has 25 heavy (non-hydrogen) atoms. The summed E-state index contributed by atoms with van der Waals surface area (Å²) < 4.78 is 4.93. The van der Waals surface area contributed by atoms with E-state index in [0.29, 0.717) is 17.4 Å². The number of anilines is 1. The van der Waals surface area contributed by atoms with Gasteiger partial charge in [0.05, 0.1) is 23.3 Å². The Bertz CT molecular complexity index is 846. The Morgan fingerprint density at radius 2 is 2.00 bits per heavy atom. The summed E-state index contributed by atoms with van der Waals surface area (Å²) in [6, 6.07) is 11.7. The first-order valence-corrected chi connectivity index (χ1v) is 8.54. The number of nitrogens with two attached hydrogens (primary N) is 1. The molecular formula is C19H20ClN3O2. The first-order chi connectivity index (χ1) is 12.1. The molecule has 1 unspecified atom stereocenters. The van der Waals surface area contributed by atoms with Gasteiger partial charge in [-0.1, -0.05) is 35.9 Å². The molecule has 0 bridgehead atoms. The van der Waals surface area contributed by atoms with Gasteiger partial charge in [-0.25, -0.2) is 4.98 Å². The van der Waals surface area contributed by atoms with Crippen LogP contribution in [0.3, 0.4) is 0 Å². The molecule has 1 aromatic carbocycles. The SMILES string of the molecule is Nc1cc(-c2cccc3cccnc23)c(Cl)cn1.OC1CCCOC1. The molecule has 3 heterocycles. The van der Waals surface area contributed by atoms with Crippen LogP contribution in [0.4, 0.5) is 5.82 Å². The van der Waals surface area contributed by atoms with E-state index in [9.17, 15) is 0 Å². The average Bonchev–Trinajstić information content (AvgIpc) is 2.64. The highest BCUT2D eigenvalue weighted by Gasteiger charge is 2.09. The van der Waals surface area contributed by atoms with Gasteiger partial charge in [0.25, 0.3) is 0 Å². The molecule has 1 fully saturated rings. The summed E-state index contributed by atoms with van der Waals surface area (Å²) >= 11 is 6.19. The van der Waals surface area contributed by atoms with Crippen LogP contribution in [-0.4, -0.2) is 34.4 Å². The van der Waals surface area contributed by atoms with Crippen molar-refractivity contribution in [1.82, 2.24) is 9.97 Å². The van der Waals surface area contributed by atoms with Crippen LogP contribution in [0, 0.1) is 0 Å². The molecule has 0 amide bonds. The Kier molecular flexibility index (Phi) is 5.81. The number of nitrogens with zero attached hydrogens (tertiary/aromatic N) is 2. The number of aliphatic hydroxyl groups is 1. The number of fused-ring (bicyclic) bond motifs is 1. The number of hydrogen-bond donors (Lipinski definition) is 2. The van der Waals surface area contributed by atoms with Crippen LogP contribution in [-0.2, 0) is 4.74 Å². The summed E-state index contributed by atoms with van der Waals surface area (Å²) in [7, 11) is 0. The lowest BCUT2D eigenvalue weighted by molar-refractivity contribution is -0.00535. The molecule has 0 spiro atoms. The van der Waals surface area contributed by atoms with E-state index >= 15 is 0 Å². The number of para-hydroxylation sites is 1. The number of nitrogen functional groups attached to an aromatic ring is 1. The number of aliphatic hydroxyl groups excluding tert-OH is 1. The number of rotatable bonds is 1. The van der Waals surface area contributed by atoms with Gasteiger partial charge in [0.1, 0.15) is 5.82 Å². The van der Waals surface area contributed by atoms with Crippen LogP contribution in [0.2, 0.25) is 5.02 Å². The highest BCUT2D eigenvalue weighted by molar-refractivity contribution is 6.33. The van der Waals surface area contributed by atoms with Crippen LogP contribution < -0.4 is 5.73 Å². The Balaban J connectivity index is 0.000000219. The van der Waals surface area contributed by atoms with Gasteiger partial charge in [-0.2, -0.15) is 0 Å². The minimum atomic E-state index is -0.186. The van der Waals surface area contributed by atoms with Gasteiger partial charge >= 0.3 is 0 Å². The fourth-order valence-electron chi connectivity index (χ4n) is 2.71. The third kappa shape index (κ3) is 4.45. The monoisotopic (exact) mass is 357 g/mol. The van der Waals surface area contributed by atoms with Gasteiger partial charge in [0.15, 0.2) is 0 Å². The standard InChI is InChI=1S/C14H10ClN3.C5H10O2/c15-12-8-18-13(16)7-11(12)10-5-1-3-9-4-2-6-17-14(9)10;6-5-2-1-3-7-4-5/h1-8H,(H2,16,18);5-6H,1-4H2. The van der Waals surface area contributed by atoms with E-state index < -0.39 is 0 Å². The first-order valence-electron chi connectivity index (χ1n) is 8.16. The number of benzene rings is 1. The summed E-state index contributed by atoms with van der Waals surface area (Å²) in [6.45, 7) is 1.37. The number of ether oxygens (including phenoxy) is 1. The van der Waals surface area contributed by atoms with Crippen molar-refractivity contribution in [2.75, 3.05) is 18.9 Å². The number of hydrogen-bond acceptors (Lipinski definition) is 5. The second-order valence-electron chi connectivity index (χ2n) is 5.84. The fraction of sp³-hybridized carbons (Fsp3) is 0.263. The Labute approximate surface area is 151 Å². The number of aromatic nitrogens is 2. The third-order valence-electron chi connectivity index (χ3n) is 3.94. The van der Waals surface area contributed by atoms with E-state index in [0.717, 1.165) is 41.5 Å². The number of pyridine rings is 2. The first kappa shape index (κ1) is 17.6. The number of halogens is 1. The Morgan fingerprint density at radius 3 is 2.72 bits per heavy atom. The second kappa shape index (κ2) is 8.25. The average molecular weight is 358 g/mol. The van der Waals surface area contributed by atoms with Crippen molar-refractivity contribution in [1.29, 1.82) is 0 Å². The van der Waals surface area contributed by atoms with Gasteiger partial charge in [-0.15, -0.1) is 0 Å². The molecule has 0 aliphatic carbocycles. The molecule has 130 valence electrons. The van der Waals surface area contributed by atoms with Crippen molar-refractivity contribution in [3.05, 3.63) is 53.8 Å². The van der Waals surface area contributed by atoms with Gasteiger partial charge in [-0.05, 0) is 25.0 Å². The van der Waals surface area contributed by atoms with E-state index in [2.05, 4.69) is 9.97 Å². The van der Waals surface area contributed by atoms with Crippen molar-refractivity contribution in [2.45, 2.75) is 18.9 Å². The highest BCUT2D eigenvalue weighted by atomic mass is 35.5. The Morgan fingerprint density at radius 1 is 1.16 bits per heavy atom. The zero-order valence-corrected chi connectivity index (χ0v) is 14.5. The van der Waals surface area contributed by atoms with Gasteiger partial charge in [0.2, 0.25) is 0 Å². The van der Waals surface area contributed by atoms with E-state index in [1.807, 2.05) is 30.3 Å². The molecule has 3 aromatic rings. The molecule has 0 saturated carbocycles. The molecule has 1 atom stereocenters. The molecule has 6 heteroatoms. The van der Waals surface area contributed by atoms with Crippen LogP contribution >= 0.6 is 11.6 Å². The highest BCUT2D eigenvalue weighted by Crippen LogP contribution is 2.32. The maximum atomic E-state index is 8.78. The topological polar surface area (TPSA) is 81.3 Å². The van der Waals surface area contributed by atoms with Crippen molar-refractivity contribution in [2.24, 2.45) is 0 Å². The van der Waals surface area contributed by atoms with Gasteiger partial charge < -0.3 is 15.6 Å². The van der Waals surface area contributed by atoms with E-state index in [-0.39, 0.29) is 6.10 Å². The maximum absolute atomic E-state index is 8.78. The summed E-state index contributed by atoms with van der Waals surface area (Å²) in [5, 5.41) is 10.4. The molecule has 0 radical (unpaired) electrons. The molecule has 3 N–H and O–H groups in total. The summed E-state index contributed by atoms with van der Waals surface area (Å²) in [4.78, 5) is 8.38. The smallest absolute Gasteiger partial charge is 0.124 e. The minimum absolute atomic E-state index is 0.186. The lowest BCUT2D eigenvalue weighted by Gasteiger charge is -2.15. The quantitative estimate of drug-likeness (QED) is 0.694. The van der Waals surface area contributed by atoms with E-state index in [1.165, 1.54) is 0 Å². The molecular weight excluding hydrogens is 338 g/mol. The van der Waals surface area contributed by atoms with Crippen molar-refractivity contribution in [3.63, 3.8) is 0 Å². The lowest BCUT2D eigenvalue weighted by atomic mass is 10.0. The largest absolute Gasteiger partial charge is 0.391 e. The van der Waals surface area contributed by atoms with E-state index in [4.69, 9.17) is 27.2 Å².